The zero-order valence-corrected chi connectivity index (χ0v) is 9.69. The van der Waals surface area contributed by atoms with Crippen LogP contribution in [0.2, 0.25) is 5.02 Å². The minimum Gasteiger partial charge on any atom is -0.298 e. The van der Waals surface area contributed by atoms with Gasteiger partial charge in [-0.15, -0.1) is 0 Å². The number of hydrogen-bond donors (Lipinski definition) is 0. The van der Waals surface area contributed by atoms with Crippen molar-refractivity contribution in [2.45, 2.75) is 13.8 Å². The predicted molar refractivity (Wildman–Crippen MR) is 61.2 cm³/mol. The molecule has 82 valence electrons. The van der Waals surface area contributed by atoms with E-state index < -0.39 is 0 Å². The second-order valence-electron chi connectivity index (χ2n) is 3.41. The van der Waals surface area contributed by atoms with Gasteiger partial charge in [-0.2, -0.15) is 5.10 Å². The summed E-state index contributed by atoms with van der Waals surface area (Å²) in [5.74, 6) is 1.35. The molecular formula is C11H10ClN3O. The van der Waals surface area contributed by atoms with E-state index >= 15 is 0 Å². The summed E-state index contributed by atoms with van der Waals surface area (Å²) in [5, 5.41) is 4.70. The van der Waals surface area contributed by atoms with Crippen LogP contribution in [0.3, 0.4) is 0 Å². The van der Waals surface area contributed by atoms with Crippen molar-refractivity contribution in [1.29, 1.82) is 0 Å². The fourth-order valence-corrected chi connectivity index (χ4v) is 1.85. The molecule has 0 aliphatic heterocycles. The summed E-state index contributed by atoms with van der Waals surface area (Å²) in [6, 6.07) is 5.15. The van der Waals surface area contributed by atoms with Crippen LogP contribution in [0.4, 0.5) is 0 Å². The van der Waals surface area contributed by atoms with Crippen LogP contribution >= 0.6 is 11.6 Å². The summed E-state index contributed by atoms with van der Waals surface area (Å²) in [5.41, 5.74) is 1.08. The summed E-state index contributed by atoms with van der Waals surface area (Å²) in [6.45, 7) is 3.61. The molecule has 0 unspecified atom stereocenters. The van der Waals surface area contributed by atoms with E-state index in [1.165, 1.54) is 0 Å². The number of carbonyl (C=O) groups is 1. The number of halogens is 1. The number of aldehydes is 1. The first-order valence-corrected chi connectivity index (χ1v) is 5.15. The molecule has 4 nitrogen and oxygen atoms in total. The first-order valence-electron chi connectivity index (χ1n) is 4.78. The van der Waals surface area contributed by atoms with Gasteiger partial charge in [0, 0.05) is 5.56 Å². The Morgan fingerprint density at radius 1 is 1.38 bits per heavy atom. The Labute approximate surface area is 97.9 Å². The van der Waals surface area contributed by atoms with Crippen molar-refractivity contribution in [3.05, 3.63) is 40.4 Å². The van der Waals surface area contributed by atoms with Gasteiger partial charge >= 0.3 is 0 Å². The molecule has 0 amide bonds. The Kier molecular flexibility index (Phi) is 2.75. The topological polar surface area (TPSA) is 47.8 Å². The molecule has 0 aliphatic carbocycles. The minimum atomic E-state index is 0.484. The molecule has 1 aromatic heterocycles. The van der Waals surface area contributed by atoms with Crippen molar-refractivity contribution in [2.75, 3.05) is 0 Å². The second kappa shape index (κ2) is 4.06. The van der Waals surface area contributed by atoms with Crippen LogP contribution in [0.1, 0.15) is 22.0 Å². The lowest BCUT2D eigenvalue weighted by atomic mass is 10.2. The smallest absolute Gasteiger partial charge is 0.152 e. The number of para-hydroxylation sites is 1. The molecule has 0 saturated heterocycles. The third-order valence-corrected chi connectivity index (χ3v) is 2.54. The average molecular weight is 236 g/mol. The summed E-state index contributed by atoms with van der Waals surface area (Å²) in [6.07, 6.45) is 0.762. The number of nitrogens with zero attached hydrogens (tertiary/aromatic N) is 3. The van der Waals surface area contributed by atoms with E-state index in [2.05, 4.69) is 10.1 Å². The van der Waals surface area contributed by atoms with Crippen LogP contribution in [0.5, 0.6) is 0 Å². The van der Waals surface area contributed by atoms with Gasteiger partial charge < -0.3 is 0 Å². The van der Waals surface area contributed by atoms with Gasteiger partial charge in [-0.05, 0) is 26.0 Å². The third-order valence-electron chi connectivity index (χ3n) is 2.23. The van der Waals surface area contributed by atoms with Crippen molar-refractivity contribution >= 4 is 17.9 Å². The van der Waals surface area contributed by atoms with Gasteiger partial charge in [-0.1, -0.05) is 17.7 Å². The van der Waals surface area contributed by atoms with E-state index in [0.29, 0.717) is 27.9 Å². The average Bonchev–Trinajstić information content (AvgIpc) is 2.57. The maximum absolute atomic E-state index is 11.0. The van der Waals surface area contributed by atoms with E-state index in [1.54, 1.807) is 29.8 Å². The van der Waals surface area contributed by atoms with Crippen molar-refractivity contribution in [2.24, 2.45) is 0 Å². The molecule has 0 aliphatic rings. The lowest BCUT2D eigenvalue weighted by molar-refractivity contribution is 0.112. The van der Waals surface area contributed by atoms with Crippen LogP contribution in [0.25, 0.3) is 5.69 Å². The van der Waals surface area contributed by atoms with E-state index in [0.717, 1.165) is 6.29 Å². The number of aryl methyl sites for hydroxylation is 2. The van der Waals surface area contributed by atoms with Gasteiger partial charge in [-0.3, -0.25) is 4.79 Å². The summed E-state index contributed by atoms with van der Waals surface area (Å²) < 4.78 is 1.58. The summed E-state index contributed by atoms with van der Waals surface area (Å²) >= 11 is 6.08. The highest BCUT2D eigenvalue weighted by molar-refractivity contribution is 6.32. The summed E-state index contributed by atoms with van der Waals surface area (Å²) in [7, 11) is 0. The van der Waals surface area contributed by atoms with Crippen molar-refractivity contribution in [3.63, 3.8) is 0 Å². The molecule has 0 atom stereocenters. The first-order chi connectivity index (χ1) is 7.63. The molecule has 16 heavy (non-hydrogen) atoms. The number of aromatic nitrogens is 3. The number of hydrogen-bond acceptors (Lipinski definition) is 3. The third kappa shape index (κ3) is 1.72. The fraction of sp³-hybridized carbons (Fsp3) is 0.182. The number of rotatable bonds is 2. The van der Waals surface area contributed by atoms with Crippen LogP contribution < -0.4 is 0 Å². The molecule has 0 spiro atoms. The Bertz CT molecular complexity index is 548. The van der Waals surface area contributed by atoms with Crippen LogP contribution in [-0.4, -0.2) is 21.1 Å². The normalized spacial score (nSPS) is 10.4. The van der Waals surface area contributed by atoms with Crippen LogP contribution in [-0.2, 0) is 0 Å². The maximum Gasteiger partial charge on any atom is 0.152 e. The Balaban J connectivity index is 2.72. The highest BCUT2D eigenvalue weighted by atomic mass is 35.5. The summed E-state index contributed by atoms with van der Waals surface area (Å²) in [4.78, 5) is 15.1. The zero-order valence-electron chi connectivity index (χ0n) is 8.94. The van der Waals surface area contributed by atoms with Crippen LogP contribution in [0.15, 0.2) is 18.2 Å². The van der Waals surface area contributed by atoms with Crippen molar-refractivity contribution < 1.29 is 4.79 Å². The van der Waals surface area contributed by atoms with E-state index in [1.807, 2.05) is 6.92 Å². The van der Waals surface area contributed by atoms with Gasteiger partial charge in [-0.25, -0.2) is 9.67 Å². The number of carbonyl (C=O) groups excluding carboxylic acids is 1. The van der Waals surface area contributed by atoms with Crippen molar-refractivity contribution in [3.8, 4) is 5.69 Å². The highest BCUT2D eigenvalue weighted by Gasteiger charge is 2.12. The molecule has 1 aromatic carbocycles. The minimum absolute atomic E-state index is 0.484. The molecule has 1 heterocycles. The molecule has 0 radical (unpaired) electrons. The Morgan fingerprint density at radius 2 is 2.12 bits per heavy atom. The van der Waals surface area contributed by atoms with E-state index in [4.69, 9.17) is 11.6 Å². The fourth-order valence-electron chi connectivity index (χ4n) is 1.58. The first kappa shape index (κ1) is 10.8. The standard InChI is InChI=1S/C11H10ClN3O/c1-7-13-8(2)15(14-7)11-9(6-16)4-3-5-10(11)12/h3-6H,1-2H3. The molecule has 0 fully saturated rings. The Morgan fingerprint density at radius 3 is 2.69 bits per heavy atom. The van der Waals surface area contributed by atoms with Crippen LogP contribution in [0, 0.1) is 13.8 Å². The highest BCUT2D eigenvalue weighted by Crippen LogP contribution is 2.23. The SMILES string of the molecule is Cc1nc(C)n(-c2c(Cl)cccc2C=O)n1. The largest absolute Gasteiger partial charge is 0.298 e. The van der Waals surface area contributed by atoms with Gasteiger partial charge in [0.1, 0.15) is 11.6 Å². The monoisotopic (exact) mass is 235 g/mol. The van der Waals surface area contributed by atoms with Gasteiger partial charge in [0.2, 0.25) is 0 Å². The van der Waals surface area contributed by atoms with Gasteiger partial charge in [0.15, 0.2) is 6.29 Å². The quantitative estimate of drug-likeness (QED) is 0.751. The van der Waals surface area contributed by atoms with Gasteiger partial charge in [0.25, 0.3) is 0 Å². The molecule has 0 N–H and O–H groups in total. The molecule has 5 heteroatoms. The molecule has 0 saturated carbocycles. The second-order valence-corrected chi connectivity index (χ2v) is 3.82. The number of benzene rings is 1. The zero-order chi connectivity index (χ0) is 11.7. The molecule has 0 bridgehead atoms. The van der Waals surface area contributed by atoms with Gasteiger partial charge in [0.05, 0.1) is 10.7 Å². The Hall–Kier alpha value is -1.68. The van der Waals surface area contributed by atoms with E-state index in [-0.39, 0.29) is 0 Å². The predicted octanol–water partition coefficient (Wildman–Crippen LogP) is 2.35. The lowest BCUT2D eigenvalue weighted by Crippen LogP contribution is -2.04. The molecule has 2 aromatic rings. The maximum atomic E-state index is 11.0. The lowest BCUT2D eigenvalue weighted by Gasteiger charge is -2.07. The molecular weight excluding hydrogens is 226 g/mol. The molecule has 2 rings (SSSR count). The van der Waals surface area contributed by atoms with E-state index in [9.17, 15) is 4.79 Å². The van der Waals surface area contributed by atoms with Crippen molar-refractivity contribution in [1.82, 2.24) is 14.8 Å².